The third kappa shape index (κ3) is 11.1. The first-order valence-corrected chi connectivity index (χ1v) is 11.1. The predicted octanol–water partition coefficient (Wildman–Crippen LogP) is 4.27. The van der Waals surface area contributed by atoms with Crippen molar-refractivity contribution in [2.45, 2.75) is 115 Å². The van der Waals surface area contributed by atoms with E-state index in [-0.39, 0.29) is 6.42 Å². The lowest BCUT2D eigenvalue weighted by molar-refractivity contribution is -0.165. The Labute approximate surface area is 171 Å². The summed E-state index contributed by atoms with van der Waals surface area (Å²) in [5.74, 6) is -1.54. The van der Waals surface area contributed by atoms with E-state index in [2.05, 4.69) is 19.1 Å². The van der Waals surface area contributed by atoms with Gasteiger partial charge >= 0.3 is 0 Å². The zero-order valence-corrected chi connectivity index (χ0v) is 18.0. The largest absolute Gasteiger partial charge is 0.394 e. The predicted molar refractivity (Wildman–Crippen MR) is 113 cm³/mol. The van der Waals surface area contributed by atoms with Crippen LogP contribution >= 0.6 is 0 Å². The zero-order chi connectivity index (χ0) is 21.3. The summed E-state index contributed by atoms with van der Waals surface area (Å²) >= 11 is 0. The number of carbonyl (C=O) groups excluding carboxylic acids is 2. The molecule has 0 aliphatic rings. The highest BCUT2D eigenvalue weighted by molar-refractivity contribution is 6.09. The Morgan fingerprint density at radius 3 is 1.79 bits per heavy atom. The van der Waals surface area contributed by atoms with E-state index in [0.717, 1.165) is 39.0 Å². The fourth-order valence-corrected chi connectivity index (χ4v) is 3.30. The van der Waals surface area contributed by atoms with Crippen LogP contribution in [0.4, 0.5) is 0 Å². The summed E-state index contributed by atoms with van der Waals surface area (Å²) in [6, 6.07) is 0. The van der Waals surface area contributed by atoms with Crippen LogP contribution in [-0.4, -0.2) is 45.2 Å². The molecule has 0 saturated carbocycles. The second-order valence-electron chi connectivity index (χ2n) is 7.78. The Morgan fingerprint density at radius 1 is 0.857 bits per heavy atom. The van der Waals surface area contributed by atoms with Crippen molar-refractivity contribution >= 4 is 11.6 Å². The summed E-state index contributed by atoms with van der Waals surface area (Å²) in [4.78, 5) is 23.6. The van der Waals surface area contributed by atoms with E-state index in [4.69, 9.17) is 5.11 Å². The van der Waals surface area contributed by atoms with Gasteiger partial charge in [0.1, 0.15) is 6.10 Å². The van der Waals surface area contributed by atoms with Crippen molar-refractivity contribution in [1.29, 1.82) is 0 Å². The topological polar surface area (TPSA) is 94.8 Å². The maximum absolute atomic E-state index is 12.1. The quantitative estimate of drug-likeness (QED) is 0.172. The van der Waals surface area contributed by atoms with E-state index < -0.39 is 29.9 Å². The normalized spacial score (nSPS) is 14.9. The highest BCUT2D eigenvalue weighted by Gasteiger charge is 2.46. The first-order valence-electron chi connectivity index (χ1n) is 11.1. The third-order valence-electron chi connectivity index (χ3n) is 5.28. The van der Waals surface area contributed by atoms with E-state index >= 15 is 0 Å². The smallest absolute Gasteiger partial charge is 0.209 e. The number of aliphatic hydroxyl groups is 3. The van der Waals surface area contributed by atoms with Crippen LogP contribution in [-0.2, 0) is 9.59 Å². The lowest BCUT2D eigenvalue weighted by Gasteiger charge is -2.27. The minimum absolute atomic E-state index is 0.0330. The van der Waals surface area contributed by atoms with E-state index in [9.17, 15) is 19.8 Å². The van der Waals surface area contributed by atoms with Gasteiger partial charge in [0, 0.05) is 6.42 Å². The summed E-state index contributed by atoms with van der Waals surface area (Å²) in [6.45, 7) is 2.46. The first kappa shape index (κ1) is 27.0. The summed E-state index contributed by atoms with van der Waals surface area (Å²) in [5.41, 5.74) is -2.48. The van der Waals surface area contributed by atoms with Crippen LogP contribution < -0.4 is 0 Å². The van der Waals surface area contributed by atoms with Crippen molar-refractivity contribution in [2.24, 2.45) is 0 Å². The number of rotatable bonds is 19. The van der Waals surface area contributed by atoms with Gasteiger partial charge in [0.15, 0.2) is 11.6 Å². The van der Waals surface area contributed by atoms with Crippen LogP contribution in [0, 0.1) is 0 Å². The second kappa shape index (κ2) is 16.9. The minimum Gasteiger partial charge on any atom is -0.394 e. The van der Waals surface area contributed by atoms with E-state index in [1.807, 2.05) is 0 Å². The maximum Gasteiger partial charge on any atom is 0.209 e. The molecule has 0 spiro atoms. The van der Waals surface area contributed by atoms with Gasteiger partial charge in [-0.25, -0.2) is 0 Å². The number of carbonyl (C=O) groups is 2. The van der Waals surface area contributed by atoms with Crippen molar-refractivity contribution in [1.82, 2.24) is 0 Å². The number of unbranched alkanes of at least 4 members (excludes halogenated alkanes) is 11. The monoisotopic (exact) mass is 398 g/mol. The van der Waals surface area contributed by atoms with Crippen LogP contribution in [0.25, 0.3) is 0 Å². The molecular weight excluding hydrogens is 356 g/mol. The van der Waals surface area contributed by atoms with Gasteiger partial charge in [-0.3, -0.25) is 9.59 Å². The van der Waals surface area contributed by atoms with Gasteiger partial charge in [0.2, 0.25) is 5.60 Å². The SMILES string of the molecule is CCCCCCCCC=CCCCCCCCC(=O)C(O)(C(C)=O)[C@@H](O)CO. The molecule has 0 aromatic carbocycles. The molecule has 0 radical (unpaired) electrons. The molecule has 2 atom stereocenters. The van der Waals surface area contributed by atoms with Gasteiger partial charge in [0.25, 0.3) is 0 Å². The number of ketones is 2. The lowest BCUT2D eigenvalue weighted by atomic mass is 9.85. The molecule has 0 rings (SSSR count). The Bertz CT molecular complexity index is 446. The average molecular weight is 399 g/mol. The van der Waals surface area contributed by atoms with Gasteiger partial charge < -0.3 is 15.3 Å². The summed E-state index contributed by atoms with van der Waals surface area (Å²) in [6.07, 6.45) is 17.7. The Kier molecular flexibility index (Phi) is 16.2. The number of hydrogen-bond acceptors (Lipinski definition) is 5. The molecule has 0 aromatic rings. The Morgan fingerprint density at radius 2 is 1.32 bits per heavy atom. The zero-order valence-electron chi connectivity index (χ0n) is 18.0. The average Bonchev–Trinajstić information content (AvgIpc) is 2.69. The van der Waals surface area contributed by atoms with Crippen molar-refractivity contribution in [3.63, 3.8) is 0 Å². The van der Waals surface area contributed by atoms with Crippen molar-refractivity contribution in [3.05, 3.63) is 12.2 Å². The molecule has 3 N–H and O–H groups in total. The summed E-state index contributed by atoms with van der Waals surface area (Å²) in [5, 5.41) is 28.7. The first-order chi connectivity index (χ1) is 13.4. The molecule has 0 amide bonds. The number of hydrogen-bond donors (Lipinski definition) is 3. The second-order valence-corrected chi connectivity index (χ2v) is 7.78. The van der Waals surface area contributed by atoms with Crippen LogP contribution in [0.3, 0.4) is 0 Å². The highest BCUT2D eigenvalue weighted by atomic mass is 16.4. The molecule has 28 heavy (non-hydrogen) atoms. The summed E-state index contributed by atoms with van der Waals surface area (Å²) in [7, 11) is 0. The number of Topliss-reactive ketones (excluding diaryl/α,β-unsaturated/α-hetero) is 2. The van der Waals surface area contributed by atoms with Crippen LogP contribution in [0.5, 0.6) is 0 Å². The van der Waals surface area contributed by atoms with Gasteiger partial charge in [-0.15, -0.1) is 0 Å². The molecule has 0 aliphatic carbocycles. The lowest BCUT2D eigenvalue weighted by Crippen LogP contribution is -2.56. The molecule has 0 fully saturated rings. The highest BCUT2D eigenvalue weighted by Crippen LogP contribution is 2.18. The van der Waals surface area contributed by atoms with Crippen LogP contribution in [0.1, 0.15) is 104 Å². The molecule has 164 valence electrons. The number of aliphatic hydroxyl groups excluding tert-OH is 2. The fourth-order valence-electron chi connectivity index (χ4n) is 3.30. The van der Waals surface area contributed by atoms with Crippen LogP contribution in [0.2, 0.25) is 0 Å². The molecule has 0 bridgehead atoms. The van der Waals surface area contributed by atoms with Gasteiger partial charge in [0.05, 0.1) is 6.61 Å². The summed E-state index contributed by atoms with van der Waals surface area (Å²) < 4.78 is 0. The number of allylic oxidation sites excluding steroid dienone is 2. The van der Waals surface area contributed by atoms with Crippen molar-refractivity contribution < 1.29 is 24.9 Å². The van der Waals surface area contributed by atoms with Crippen LogP contribution in [0.15, 0.2) is 12.2 Å². The van der Waals surface area contributed by atoms with Crippen molar-refractivity contribution in [2.75, 3.05) is 6.61 Å². The van der Waals surface area contributed by atoms with E-state index in [1.165, 1.54) is 44.9 Å². The Hall–Kier alpha value is -1.04. The van der Waals surface area contributed by atoms with E-state index in [0.29, 0.717) is 6.42 Å². The molecule has 0 heterocycles. The molecular formula is C23H42O5. The fraction of sp³-hybridized carbons (Fsp3) is 0.826. The molecule has 0 aromatic heterocycles. The molecule has 5 heteroatoms. The van der Waals surface area contributed by atoms with Gasteiger partial charge in [-0.1, -0.05) is 70.4 Å². The van der Waals surface area contributed by atoms with Crippen molar-refractivity contribution in [3.8, 4) is 0 Å². The molecule has 0 saturated heterocycles. The maximum atomic E-state index is 12.1. The molecule has 5 nitrogen and oxygen atoms in total. The molecule has 1 unspecified atom stereocenters. The van der Waals surface area contributed by atoms with Gasteiger partial charge in [-0.05, 0) is 39.0 Å². The standard InChI is InChI=1S/C23H42O5/c1-3-4-5-6-7-8-9-10-11-12-13-14-15-16-17-18-21(26)23(28,20(2)25)22(27)19-24/h10-11,22,24,27-28H,3-9,12-19H2,1-2H3/t22-,23?/m0/s1. The van der Waals surface area contributed by atoms with E-state index in [1.54, 1.807) is 0 Å². The minimum atomic E-state index is -2.48. The Balaban J connectivity index is 3.70. The third-order valence-corrected chi connectivity index (χ3v) is 5.28. The van der Waals surface area contributed by atoms with Gasteiger partial charge in [-0.2, -0.15) is 0 Å². The molecule has 0 aliphatic heterocycles.